The van der Waals surface area contributed by atoms with E-state index < -0.39 is 12.7 Å². The van der Waals surface area contributed by atoms with Gasteiger partial charge >= 0.3 is 6.36 Å². The first-order chi connectivity index (χ1) is 17.3. The third-order valence-electron chi connectivity index (χ3n) is 5.31. The second-order valence-corrected chi connectivity index (χ2v) is 8.25. The molecule has 2 atom stereocenters. The third kappa shape index (κ3) is 5.78. The normalized spacial score (nSPS) is 17.4. The zero-order valence-corrected chi connectivity index (χ0v) is 19.2. The lowest BCUT2D eigenvalue weighted by Crippen LogP contribution is -2.41. The molecule has 7 nitrogen and oxygen atoms in total. The van der Waals surface area contributed by atoms with E-state index in [4.69, 9.17) is 16.3 Å². The van der Waals surface area contributed by atoms with E-state index in [1.165, 1.54) is 35.3 Å². The maximum atomic E-state index is 12.3. The summed E-state index contributed by atoms with van der Waals surface area (Å²) >= 11 is 5.98. The average Bonchev–Trinajstić information content (AvgIpc) is 3.35. The Morgan fingerprint density at radius 3 is 2.39 bits per heavy atom. The first-order valence-electron chi connectivity index (χ1n) is 10.8. The zero-order valence-electron chi connectivity index (χ0n) is 18.5. The molecule has 1 aromatic heterocycles. The summed E-state index contributed by atoms with van der Waals surface area (Å²) in [4.78, 5) is 4.30. The molecule has 0 saturated heterocycles. The molecule has 0 bridgehead atoms. The van der Waals surface area contributed by atoms with Gasteiger partial charge in [0.15, 0.2) is 5.82 Å². The summed E-state index contributed by atoms with van der Waals surface area (Å²) in [5.74, 6) is 0.163. The second kappa shape index (κ2) is 9.92. The molecule has 11 heteroatoms. The minimum atomic E-state index is -4.74. The van der Waals surface area contributed by atoms with E-state index >= 15 is 0 Å². The van der Waals surface area contributed by atoms with Gasteiger partial charge in [0.1, 0.15) is 12.1 Å². The first kappa shape index (κ1) is 23.7. The van der Waals surface area contributed by atoms with Gasteiger partial charge in [-0.15, -0.1) is 18.3 Å². The lowest BCUT2D eigenvalue weighted by Gasteiger charge is -2.28. The maximum absolute atomic E-state index is 12.3. The van der Waals surface area contributed by atoms with E-state index in [-0.39, 0.29) is 11.8 Å². The van der Waals surface area contributed by atoms with Crippen LogP contribution in [0.1, 0.15) is 11.6 Å². The van der Waals surface area contributed by atoms with Crippen molar-refractivity contribution in [3.8, 4) is 22.8 Å². The molecule has 0 fully saturated rings. The molecule has 5 rings (SSSR count). The molecule has 0 amide bonds. The van der Waals surface area contributed by atoms with Gasteiger partial charge in [0.25, 0.3) is 0 Å². The summed E-state index contributed by atoms with van der Waals surface area (Å²) in [6, 6.07) is 20.4. The van der Waals surface area contributed by atoms with E-state index in [0.29, 0.717) is 16.5 Å². The molecule has 2 heterocycles. The van der Waals surface area contributed by atoms with E-state index in [9.17, 15) is 13.2 Å². The van der Waals surface area contributed by atoms with Gasteiger partial charge in [0.2, 0.25) is 6.35 Å². The largest absolute Gasteiger partial charge is 0.573 e. The number of alkyl halides is 3. The number of rotatable bonds is 6. The van der Waals surface area contributed by atoms with Gasteiger partial charge in [0.05, 0.1) is 18.0 Å². The highest BCUT2D eigenvalue weighted by Gasteiger charge is 2.31. The first-order valence-corrected chi connectivity index (χ1v) is 11.2. The van der Waals surface area contributed by atoms with Crippen LogP contribution in [0.5, 0.6) is 5.75 Å². The Hall–Kier alpha value is -4.02. The number of ether oxygens (including phenoxy) is 2. The van der Waals surface area contributed by atoms with Gasteiger partial charge in [-0.3, -0.25) is 5.32 Å². The van der Waals surface area contributed by atoms with Gasteiger partial charge in [-0.05, 0) is 72.3 Å². The van der Waals surface area contributed by atoms with Gasteiger partial charge < -0.3 is 14.8 Å². The van der Waals surface area contributed by atoms with Crippen LogP contribution >= 0.6 is 11.6 Å². The Labute approximate surface area is 209 Å². The summed E-state index contributed by atoms with van der Waals surface area (Å²) in [6.07, 6.45) is -0.117. The lowest BCUT2D eigenvalue weighted by molar-refractivity contribution is -0.274. The molecule has 3 aromatic carbocycles. The molecular weight excluding hydrogens is 495 g/mol. The summed E-state index contributed by atoms with van der Waals surface area (Å²) in [6.45, 7) is 0. The number of aromatic nitrogens is 3. The monoisotopic (exact) mass is 513 g/mol. The Morgan fingerprint density at radius 1 is 0.972 bits per heavy atom. The van der Waals surface area contributed by atoms with E-state index in [2.05, 4.69) is 25.5 Å². The van der Waals surface area contributed by atoms with Crippen LogP contribution in [0.4, 0.5) is 18.9 Å². The van der Waals surface area contributed by atoms with Crippen LogP contribution in [0.2, 0.25) is 5.02 Å². The van der Waals surface area contributed by atoms with Crippen LogP contribution in [0.15, 0.2) is 91.5 Å². The highest BCUT2D eigenvalue weighted by molar-refractivity contribution is 6.30. The van der Waals surface area contributed by atoms with Crippen LogP contribution in [0.25, 0.3) is 17.1 Å². The summed E-state index contributed by atoms with van der Waals surface area (Å²) in [7, 11) is 0. The second-order valence-electron chi connectivity index (χ2n) is 7.82. The Bertz CT molecular complexity index is 1340. The average molecular weight is 514 g/mol. The molecule has 0 saturated carbocycles. The van der Waals surface area contributed by atoms with Crippen molar-refractivity contribution in [2.24, 2.45) is 0 Å². The molecule has 4 aromatic rings. The van der Waals surface area contributed by atoms with Crippen molar-refractivity contribution < 1.29 is 22.6 Å². The van der Waals surface area contributed by atoms with Crippen LogP contribution in [-0.2, 0) is 4.74 Å². The molecule has 36 heavy (non-hydrogen) atoms. The Morgan fingerprint density at radius 2 is 1.69 bits per heavy atom. The van der Waals surface area contributed by atoms with Crippen LogP contribution < -0.4 is 15.4 Å². The smallest absolute Gasteiger partial charge is 0.465 e. The molecule has 184 valence electrons. The predicted molar refractivity (Wildman–Crippen MR) is 128 cm³/mol. The summed E-state index contributed by atoms with van der Waals surface area (Å²) in [5, 5.41) is 11.7. The highest BCUT2D eigenvalue weighted by Crippen LogP contribution is 2.25. The summed E-state index contributed by atoms with van der Waals surface area (Å²) in [5.41, 5.74) is 3.20. The molecule has 0 spiro atoms. The number of hydrogen-bond acceptors (Lipinski definition) is 6. The number of benzene rings is 3. The maximum Gasteiger partial charge on any atom is 0.573 e. The van der Waals surface area contributed by atoms with Crippen LogP contribution in [-0.4, -0.2) is 27.5 Å². The number of halogens is 4. The number of anilines is 1. The fourth-order valence-corrected chi connectivity index (χ4v) is 3.73. The van der Waals surface area contributed by atoms with E-state index in [0.717, 1.165) is 16.8 Å². The fourth-order valence-electron chi connectivity index (χ4n) is 3.60. The quantitative estimate of drug-likeness (QED) is 0.327. The van der Waals surface area contributed by atoms with Crippen molar-refractivity contribution >= 4 is 17.3 Å². The molecule has 0 aliphatic carbocycles. The van der Waals surface area contributed by atoms with Crippen molar-refractivity contribution in [1.82, 2.24) is 20.1 Å². The highest BCUT2D eigenvalue weighted by atomic mass is 35.5. The molecule has 0 radical (unpaired) electrons. The Kier molecular flexibility index (Phi) is 6.53. The molecular formula is C25H19ClF3N5O2. The molecule has 2 N–H and O–H groups in total. The van der Waals surface area contributed by atoms with E-state index in [1.54, 1.807) is 6.26 Å². The van der Waals surface area contributed by atoms with Gasteiger partial charge in [0, 0.05) is 16.3 Å². The number of hydrogen-bond donors (Lipinski definition) is 2. The number of nitrogens with one attached hydrogen (secondary N) is 2. The lowest BCUT2D eigenvalue weighted by atomic mass is 10.1. The van der Waals surface area contributed by atoms with Crippen LogP contribution in [0.3, 0.4) is 0 Å². The zero-order chi connectivity index (χ0) is 25.1. The minimum absolute atomic E-state index is 0.0324. The standard InChI is InChI=1S/C25H19ClF3N5O2/c26-18-5-1-16(2-6-18)22-13-14-35-24(32-22)31-19-7-3-17(4-8-19)23-30-15-34(33-23)20-9-11-21(12-10-20)36-25(27,28)29/h1-15,22,24,31-32H. The molecule has 2 unspecified atom stereocenters. The van der Waals surface area contributed by atoms with Crippen molar-refractivity contribution in [1.29, 1.82) is 0 Å². The predicted octanol–water partition coefficient (Wildman–Crippen LogP) is 6.06. The SMILES string of the molecule is FC(F)(F)Oc1ccc(-n2cnc(-c3ccc(NC4NC(c5ccc(Cl)cc5)C=CO4)cc3)n2)cc1. The van der Waals surface area contributed by atoms with Crippen molar-refractivity contribution in [3.63, 3.8) is 0 Å². The van der Waals surface area contributed by atoms with Crippen LogP contribution in [0, 0.1) is 0 Å². The molecule has 1 aliphatic rings. The topological polar surface area (TPSA) is 73.2 Å². The van der Waals surface area contributed by atoms with E-state index in [1.807, 2.05) is 54.6 Å². The van der Waals surface area contributed by atoms with Gasteiger partial charge in [-0.25, -0.2) is 9.67 Å². The number of nitrogens with zero attached hydrogens (tertiary/aromatic N) is 3. The summed E-state index contributed by atoms with van der Waals surface area (Å²) < 4.78 is 48.0. The third-order valence-corrected chi connectivity index (χ3v) is 5.57. The minimum Gasteiger partial charge on any atom is -0.465 e. The van der Waals surface area contributed by atoms with Gasteiger partial charge in [-0.2, -0.15) is 0 Å². The Balaban J connectivity index is 1.22. The van der Waals surface area contributed by atoms with Crippen molar-refractivity contribution in [3.05, 3.63) is 102 Å². The van der Waals surface area contributed by atoms with Crippen molar-refractivity contribution in [2.45, 2.75) is 18.8 Å². The molecule has 1 aliphatic heterocycles. The van der Waals surface area contributed by atoms with Crippen molar-refractivity contribution in [2.75, 3.05) is 5.32 Å². The van der Waals surface area contributed by atoms with Gasteiger partial charge in [-0.1, -0.05) is 23.7 Å². The fraction of sp³-hybridized carbons (Fsp3) is 0.120.